The third-order valence-electron chi connectivity index (χ3n) is 4.98. The Bertz CT molecular complexity index is 1350. The van der Waals surface area contributed by atoms with Crippen LogP contribution in [0.1, 0.15) is 16.8 Å². The predicted molar refractivity (Wildman–Crippen MR) is 112 cm³/mol. The van der Waals surface area contributed by atoms with E-state index in [0.717, 1.165) is 50.1 Å². The molecule has 0 spiro atoms. The molecule has 0 fully saturated rings. The summed E-state index contributed by atoms with van der Waals surface area (Å²) in [5.74, 6) is 0. The second-order valence-electron chi connectivity index (χ2n) is 7.24. The van der Waals surface area contributed by atoms with E-state index in [2.05, 4.69) is 59.1 Å². The van der Waals surface area contributed by atoms with Crippen LogP contribution in [0.25, 0.3) is 44.6 Å². The van der Waals surface area contributed by atoms with Gasteiger partial charge in [-0.15, -0.1) is 0 Å². The molecule has 0 unspecified atom stereocenters. The summed E-state index contributed by atoms with van der Waals surface area (Å²) >= 11 is 0. The number of rotatable bonds is 2. The topological polar surface area (TPSA) is 51.8 Å². The lowest BCUT2D eigenvalue weighted by Crippen LogP contribution is -1.89. The molecular weight excluding hydrogens is 346 g/mol. The summed E-state index contributed by atoms with van der Waals surface area (Å²) in [4.78, 5) is 13.8. The number of aromatic nitrogens is 3. The maximum atomic E-state index is 6.20. The lowest BCUT2D eigenvalue weighted by Gasteiger charge is -2.08. The van der Waals surface area contributed by atoms with Gasteiger partial charge in [0.05, 0.1) is 11.4 Å². The molecule has 4 heteroatoms. The van der Waals surface area contributed by atoms with Gasteiger partial charge in [-0.3, -0.25) is 9.97 Å². The van der Waals surface area contributed by atoms with Crippen molar-refractivity contribution < 1.29 is 4.42 Å². The Kier molecular flexibility index (Phi) is 3.72. The Balaban J connectivity index is 1.89. The SMILES string of the molecule is Cc1ccnc(-c2cc(-c3cc(C)ccn3)c3oc4nc(C)ccc4c3c2)c1. The van der Waals surface area contributed by atoms with Crippen LogP contribution in [0.3, 0.4) is 0 Å². The lowest BCUT2D eigenvalue weighted by atomic mass is 9.99. The molecule has 0 N–H and O–H groups in total. The van der Waals surface area contributed by atoms with Gasteiger partial charge in [-0.1, -0.05) is 0 Å². The summed E-state index contributed by atoms with van der Waals surface area (Å²) in [7, 11) is 0. The maximum absolute atomic E-state index is 6.20. The summed E-state index contributed by atoms with van der Waals surface area (Å²) in [6.07, 6.45) is 3.68. The highest BCUT2D eigenvalue weighted by Crippen LogP contribution is 2.38. The molecule has 4 aromatic heterocycles. The molecule has 0 aliphatic heterocycles. The molecule has 28 heavy (non-hydrogen) atoms. The highest BCUT2D eigenvalue weighted by atomic mass is 16.3. The fraction of sp³-hybridized carbons (Fsp3) is 0.125. The van der Waals surface area contributed by atoms with Crippen LogP contribution in [-0.4, -0.2) is 15.0 Å². The summed E-state index contributed by atoms with van der Waals surface area (Å²) < 4.78 is 6.20. The van der Waals surface area contributed by atoms with Crippen LogP contribution < -0.4 is 0 Å². The number of aryl methyl sites for hydroxylation is 3. The molecule has 1 aromatic carbocycles. The minimum Gasteiger partial charge on any atom is -0.437 e. The lowest BCUT2D eigenvalue weighted by molar-refractivity contribution is 0.653. The standard InChI is InChI=1S/C24H19N3O/c1-14-6-8-25-21(10-14)17-12-19-18-5-4-16(3)27-24(18)28-23(19)20(13-17)22-11-15(2)7-9-26-22/h4-13H,1-3H3. The molecule has 0 aliphatic rings. The van der Waals surface area contributed by atoms with Gasteiger partial charge >= 0.3 is 0 Å². The molecule has 0 saturated carbocycles. The van der Waals surface area contributed by atoms with Gasteiger partial charge in [0.15, 0.2) is 0 Å². The van der Waals surface area contributed by atoms with Crippen molar-refractivity contribution in [3.8, 4) is 22.5 Å². The minimum atomic E-state index is 0.651. The van der Waals surface area contributed by atoms with Crippen molar-refractivity contribution in [1.82, 2.24) is 15.0 Å². The van der Waals surface area contributed by atoms with Crippen LogP contribution in [0.15, 0.2) is 65.3 Å². The second kappa shape index (κ2) is 6.27. The van der Waals surface area contributed by atoms with Crippen molar-refractivity contribution in [2.45, 2.75) is 20.8 Å². The third-order valence-corrected chi connectivity index (χ3v) is 4.98. The number of pyridine rings is 3. The molecule has 0 aliphatic carbocycles. The summed E-state index contributed by atoms with van der Waals surface area (Å²) in [6, 6.07) is 16.5. The summed E-state index contributed by atoms with van der Waals surface area (Å²) in [5, 5.41) is 2.03. The van der Waals surface area contributed by atoms with Crippen LogP contribution in [0, 0.1) is 20.8 Å². The Morgan fingerprint density at radius 1 is 0.714 bits per heavy atom. The van der Waals surface area contributed by atoms with Crippen molar-refractivity contribution in [1.29, 1.82) is 0 Å². The monoisotopic (exact) mass is 365 g/mol. The van der Waals surface area contributed by atoms with Gasteiger partial charge in [0.2, 0.25) is 5.71 Å². The zero-order chi connectivity index (χ0) is 19.3. The van der Waals surface area contributed by atoms with E-state index in [9.17, 15) is 0 Å². The normalized spacial score (nSPS) is 11.4. The molecule has 0 saturated heterocycles. The molecule has 0 atom stereocenters. The van der Waals surface area contributed by atoms with Crippen molar-refractivity contribution >= 4 is 22.1 Å². The van der Waals surface area contributed by atoms with Gasteiger partial charge in [0.1, 0.15) is 5.58 Å². The van der Waals surface area contributed by atoms with E-state index < -0.39 is 0 Å². The fourth-order valence-electron chi connectivity index (χ4n) is 3.57. The Morgan fingerprint density at radius 3 is 2.18 bits per heavy atom. The van der Waals surface area contributed by atoms with Crippen molar-refractivity contribution in [2.24, 2.45) is 0 Å². The number of benzene rings is 1. The van der Waals surface area contributed by atoms with Gasteiger partial charge in [-0.05, 0) is 80.4 Å². The first-order valence-electron chi connectivity index (χ1n) is 9.28. The molecule has 4 nitrogen and oxygen atoms in total. The van der Waals surface area contributed by atoms with Gasteiger partial charge in [-0.25, -0.2) is 4.98 Å². The van der Waals surface area contributed by atoms with Gasteiger partial charge in [0.25, 0.3) is 0 Å². The van der Waals surface area contributed by atoms with E-state index in [1.807, 2.05) is 37.5 Å². The molecule has 0 radical (unpaired) electrons. The van der Waals surface area contributed by atoms with Gasteiger partial charge in [-0.2, -0.15) is 0 Å². The molecule has 4 heterocycles. The predicted octanol–water partition coefficient (Wildman–Crippen LogP) is 6.03. The molecule has 0 bridgehead atoms. The fourth-order valence-corrected chi connectivity index (χ4v) is 3.57. The van der Waals surface area contributed by atoms with Gasteiger partial charge < -0.3 is 4.42 Å². The first-order chi connectivity index (χ1) is 13.6. The Hall–Kier alpha value is -3.53. The first kappa shape index (κ1) is 16.6. The average molecular weight is 365 g/mol. The Labute approximate surface area is 162 Å². The van der Waals surface area contributed by atoms with E-state index >= 15 is 0 Å². The molecule has 5 aromatic rings. The first-order valence-corrected chi connectivity index (χ1v) is 9.28. The average Bonchev–Trinajstić information content (AvgIpc) is 3.04. The number of furan rings is 1. The van der Waals surface area contributed by atoms with Crippen molar-refractivity contribution in [3.63, 3.8) is 0 Å². The molecule has 136 valence electrons. The summed E-state index contributed by atoms with van der Waals surface area (Å²) in [5.41, 5.74) is 8.54. The van der Waals surface area contributed by atoms with Crippen LogP contribution in [0.5, 0.6) is 0 Å². The van der Waals surface area contributed by atoms with E-state index in [0.29, 0.717) is 5.71 Å². The van der Waals surface area contributed by atoms with Crippen LogP contribution >= 0.6 is 0 Å². The van der Waals surface area contributed by atoms with Crippen LogP contribution in [0.2, 0.25) is 0 Å². The maximum Gasteiger partial charge on any atom is 0.227 e. The number of hydrogen-bond acceptors (Lipinski definition) is 4. The molecule has 5 rings (SSSR count). The van der Waals surface area contributed by atoms with Crippen molar-refractivity contribution in [3.05, 3.63) is 77.7 Å². The van der Waals surface area contributed by atoms with Crippen LogP contribution in [-0.2, 0) is 0 Å². The number of nitrogens with zero attached hydrogens (tertiary/aromatic N) is 3. The molecule has 0 amide bonds. The number of fused-ring (bicyclic) bond motifs is 3. The zero-order valence-corrected chi connectivity index (χ0v) is 16.0. The van der Waals surface area contributed by atoms with E-state index in [1.165, 1.54) is 5.56 Å². The second-order valence-corrected chi connectivity index (χ2v) is 7.24. The van der Waals surface area contributed by atoms with E-state index in [-0.39, 0.29) is 0 Å². The van der Waals surface area contributed by atoms with Gasteiger partial charge in [0, 0.05) is 40.0 Å². The number of hydrogen-bond donors (Lipinski definition) is 0. The molecular formula is C24H19N3O. The minimum absolute atomic E-state index is 0.651. The largest absolute Gasteiger partial charge is 0.437 e. The zero-order valence-electron chi connectivity index (χ0n) is 16.0. The third kappa shape index (κ3) is 2.74. The van der Waals surface area contributed by atoms with Crippen LogP contribution in [0.4, 0.5) is 0 Å². The Morgan fingerprint density at radius 2 is 1.43 bits per heavy atom. The van der Waals surface area contributed by atoms with E-state index in [1.54, 1.807) is 0 Å². The highest BCUT2D eigenvalue weighted by molar-refractivity contribution is 6.10. The highest BCUT2D eigenvalue weighted by Gasteiger charge is 2.17. The van der Waals surface area contributed by atoms with Crippen molar-refractivity contribution in [2.75, 3.05) is 0 Å². The quantitative estimate of drug-likeness (QED) is 0.383. The smallest absolute Gasteiger partial charge is 0.227 e. The summed E-state index contributed by atoms with van der Waals surface area (Å²) in [6.45, 7) is 6.11. The van der Waals surface area contributed by atoms with E-state index in [4.69, 9.17) is 4.42 Å².